The van der Waals surface area contributed by atoms with Gasteiger partial charge in [0.1, 0.15) is 0 Å². The van der Waals surface area contributed by atoms with E-state index in [4.69, 9.17) is 0 Å². The predicted octanol–water partition coefficient (Wildman–Crippen LogP) is 9.56. The summed E-state index contributed by atoms with van der Waals surface area (Å²) in [5, 5.41) is 0. The smallest absolute Gasteiger partial charge is 0.256 e. The molecule has 2 aliphatic carbocycles. The Labute approximate surface area is 277 Å². The van der Waals surface area contributed by atoms with Crippen LogP contribution in [0.5, 0.6) is 0 Å². The van der Waals surface area contributed by atoms with Crippen LogP contribution in [0.1, 0.15) is 22.5 Å². The first kappa shape index (κ1) is 36.7. The van der Waals surface area contributed by atoms with E-state index in [1.807, 2.05) is 36.4 Å². The van der Waals surface area contributed by atoms with Crippen molar-refractivity contribution in [2.75, 3.05) is 0 Å². The third kappa shape index (κ3) is 11.2. The molecule has 0 spiro atoms. The number of alkyl halides is 6. The Balaban J connectivity index is 0.000000196. The second kappa shape index (κ2) is 16.7. The van der Waals surface area contributed by atoms with Gasteiger partial charge in [0.2, 0.25) is 0 Å². The quantitative estimate of drug-likeness (QED) is 0.153. The zero-order valence-electron chi connectivity index (χ0n) is 23.7. The molecule has 0 atom stereocenters. The fourth-order valence-corrected chi connectivity index (χ4v) is 3.67. The van der Waals surface area contributed by atoms with Gasteiger partial charge in [-0.1, -0.05) is 12.1 Å². The van der Waals surface area contributed by atoms with Crippen molar-refractivity contribution in [1.82, 2.24) is 19.9 Å². The molecule has 4 heterocycles. The molecular formula is C34H20F8IrN4. The summed E-state index contributed by atoms with van der Waals surface area (Å²) < 4.78 is 100. The molecule has 0 unspecified atom stereocenters. The summed E-state index contributed by atoms with van der Waals surface area (Å²) in [5.74, 6) is 0. The van der Waals surface area contributed by atoms with Crippen molar-refractivity contribution >= 4 is 11.1 Å². The fourth-order valence-electron chi connectivity index (χ4n) is 3.67. The summed E-state index contributed by atoms with van der Waals surface area (Å²) in [4.78, 5) is 15.5. The molecule has 47 heavy (non-hydrogen) atoms. The topological polar surface area (TPSA) is 51.6 Å². The molecule has 0 fully saturated rings. The Kier molecular flexibility index (Phi) is 13.0. The number of pyridine rings is 4. The second-order valence-electron chi connectivity index (χ2n) is 9.13. The number of halogens is 8. The van der Waals surface area contributed by atoms with Crippen molar-refractivity contribution in [2.45, 2.75) is 12.4 Å². The molecule has 0 N–H and O–H groups in total. The number of aromatic nitrogens is 4. The van der Waals surface area contributed by atoms with E-state index >= 15 is 0 Å². The summed E-state index contributed by atoms with van der Waals surface area (Å²) in [6.07, 6.45) is 4.15. The van der Waals surface area contributed by atoms with Gasteiger partial charge in [0, 0.05) is 68.2 Å². The van der Waals surface area contributed by atoms with Gasteiger partial charge in [0.15, 0.2) is 12.3 Å². The van der Waals surface area contributed by atoms with Crippen molar-refractivity contribution in [3.63, 3.8) is 0 Å². The van der Waals surface area contributed by atoms with Crippen molar-refractivity contribution in [3.8, 4) is 11.4 Å². The molecule has 3 radical (unpaired) electrons. The summed E-state index contributed by atoms with van der Waals surface area (Å²) >= 11 is 0. The van der Waals surface area contributed by atoms with Crippen molar-refractivity contribution in [2.24, 2.45) is 0 Å². The molecule has 4 nitrogen and oxygen atoms in total. The largest absolute Gasteiger partial charge is 0.416 e. The van der Waals surface area contributed by atoms with Crippen LogP contribution >= 0.6 is 0 Å². The minimum atomic E-state index is -4.60. The van der Waals surface area contributed by atoms with Gasteiger partial charge in [-0.15, -0.1) is 11.5 Å². The van der Waals surface area contributed by atoms with Crippen LogP contribution in [0.4, 0.5) is 35.1 Å². The predicted molar refractivity (Wildman–Crippen MR) is 156 cm³/mol. The van der Waals surface area contributed by atoms with E-state index < -0.39 is 23.5 Å². The molecule has 241 valence electrons. The zero-order chi connectivity index (χ0) is 33.2. The third-order valence-corrected chi connectivity index (χ3v) is 5.87. The van der Waals surface area contributed by atoms with E-state index in [9.17, 15) is 35.1 Å². The van der Waals surface area contributed by atoms with Gasteiger partial charge < -0.3 is 0 Å². The van der Waals surface area contributed by atoms with Crippen molar-refractivity contribution < 1.29 is 55.2 Å². The summed E-state index contributed by atoms with van der Waals surface area (Å²) in [7, 11) is 0. The molecule has 4 aromatic heterocycles. The molecule has 4 aromatic rings. The average Bonchev–Trinajstić information content (AvgIpc) is 3.06. The first-order valence-corrected chi connectivity index (χ1v) is 13.1. The number of rotatable bonds is 3. The normalized spacial score (nSPS) is 14.1. The van der Waals surface area contributed by atoms with Gasteiger partial charge in [0.05, 0.1) is 33.9 Å². The molecule has 2 aliphatic rings. The van der Waals surface area contributed by atoms with Crippen molar-refractivity contribution in [3.05, 3.63) is 168 Å². The van der Waals surface area contributed by atoms with E-state index in [1.165, 1.54) is 24.3 Å². The van der Waals surface area contributed by atoms with E-state index in [0.717, 1.165) is 47.1 Å². The Hall–Kier alpha value is -4.79. The Bertz CT molecular complexity index is 1690. The van der Waals surface area contributed by atoms with E-state index in [2.05, 4.69) is 31.4 Å². The number of hydrogen-bond acceptors (Lipinski definition) is 4. The molecule has 6 rings (SSSR count). The van der Waals surface area contributed by atoms with Crippen LogP contribution < -0.4 is 0 Å². The molecule has 0 aliphatic heterocycles. The van der Waals surface area contributed by atoms with Crippen LogP contribution in [0, 0.1) is 12.3 Å². The van der Waals surface area contributed by atoms with Crippen LogP contribution in [0.3, 0.4) is 0 Å². The maximum Gasteiger partial charge on any atom is 0.416 e. The molecule has 0 saturated carbocycles. The number of hydrogen-bond donors (Lipinski definition) is 0. The van der Waals surface area contributed by atoms with Gasteiger partial charge in [0.25, 0.3) is 0 Å². The van der Waals surface area contributed by atoms with Gasteiger partial charge in [-0.25, -0.2) is 8.78 Å². The minimum absolute atomic E-state index is 0. The molecule has 0 aromatic carbocycles. The zero-order valence-corrected chi connectivity index (χ0v) is 26.1. The minimum Gasteiger partial charge on any atom is -0.256 e. The Morgan fingerprint density at radius 3 is 1.15 bits per heavy atom. The van der Waals surface area contributed by atoms with Gasteiger partial charge in [-0.3, -0.25) is 19.9 Å². The third-order valence-electron chi connectivity index (χ3n) is 5.87. The van der Waals surface area contributed by atoms with Gasteiger partial charge in [-0.2, -0.15) is 26.3 Å². The Morgan fingerprint density at radius 2 is 0.851 bits per heavy atom. The van der Waals surface area contributed by atoms with Crippen LogP contribution in [-0.2, 0) is 32.5 Å². The molecule has 0 bridgehead atoms. The monoisotopic (exact) mass is 829 g/mol. The maximum atomic E-state index is 12.6. The summed E-state index contributed by atoms with van der Waals surface area (Å²) in [6.45, 7) is 0. The van der Waals surface area contributed by atoms with E-state index in [-0.39, 0.29) is 43.8 Å². The summed E-state index contributed by atoms with van der Waals surface area (Å²) in [5.41, 5.74) is 6.32. The first-order chi connectivity index (χ1) is 21.9. The molecular weight excluding hydrogens is 809 g/mol. The van der Waals surface area contributed by atoms with Crippen LogP contribution in [0.2, 0.25) is 0 Å². The van der Waals surface area contributed by atoms with Gasteiger partial charge >= 0.3 is 12.4 Å². The van der Waals surface area contributed by atoms with Gasteiger partial charge in [-0.05, 0) is 72.8 Å². The van der Waals surface area contributed by atoms with Crippen molar-refractivity contribution in [1.29, 1.82) is 0 Å². The Morgan fingerprint density at radius 1 is 0.468 bits per heavy atom. The molecule has 0 amide bonds. The number of nitrogens with zero attached hydrogens (tertiary/aromatic N) is 4. The van der Waals surface area contributed by atoms with Crippen LogP contribution in [0.15, 0.2) is 133 Å². The fraction of sp³-hybridized carbons (Fsp3) is 0.0588. The standard InChI is InChI=1S/C12H6F6N2.2C11H7FN.Ir/c13-11(14,15)7-1-3-19-9(5-7)10-6-8(2-4-20-10)12(16,17)18;2*12-10-6-4-9(5-7-10)11-3-1-2-8-13-11;/h1-6H;2*1-4,6-8H;. The van der Waals surface area contributed by atoms with Crippen LogP contribution in [-0.4, -0.2) is 19.9 Å². The molecule has 0 saturated heterocycles. The summed E-state index contributed by atoms with van der Waals surface area (Å²) in [6, 6.07) is 14.0. The van der Waals surface area contributed by atoms with Crippen LogP contribution in [0.25, 0.3) is 22.5 Å². The second-order valence-corrected chi connectivity index (χ2v) is 9.13. The SMILES string of the molecule is FC(F)(F)c1ccnc(-c2cc(C(F)(F)F)ccn2)c1.F[C]1C=C=C(c2ccccn2)C=C1.F[C]1C=C=C(c2ccccn2)C=C1.[Ir]. The number of allylic oxidation sites excluding steroid dienone is 6. The van der Waals surface area contributed by atoms with E-state index in [0.29, 0.717) is 12.1 Å². The first-order valence-electron chi connectivity index (χ1n) is 13.1. The van der Waals surface area contributed by atoms with E-state index in [1.54, 1.807) is 24.5 Å². The molecule has 13 heteroatoms. The maximum absolute atomic E-state index is 12.6. The average molecular weight is 829 g/mol.